The van der Waals surface area contributed by atoms with E-state index in [9.17, 15) is 8.42 Å². The Hall–Kier alpha value is -0.420. The quantitative estimate of drug-likeness (QED) is 0.703. The van der Waals surface area contributed by atoms with Gasteiger partial charge in [-0.2, -0.15) is 0 Å². The predicted octanol–water partition coefficient (Wildman–Crippen LogP) is 1.11. The van der Waals surface area contributed by atoms with E-state index in [0.29, 0.717) is 0 Å². The normalized spacial score (nSPS) is 11.8. The zero-order chi connectivity index (χ0) is 8.48. The summed E-state index contributed by atoms with van der Waals surface area (Å²) in [7, 11) is -3.09. The van der Waals surface area contributed by atoms with Crippen LogP contribution in [-0.4, -0.2) is 19.7 Å². The van der Waals surface area contributed by atoms with Crippen molar-refractivity contribution in [1.82, 2.24) is 4.98 Å². The molecule has 0 saturated carbocycles. The average Bonchev–Trinajstić information content (AvgIpc) is 2.32. The third-order valence-electron chi connectivity index (χ3n) is 1.21. The molecule has 0 N–H and O–H groups in total. The second-order valence-electron chi connectivity index (χ2n) is 2.21. The van der Waals surface area contributed by atoms with Gasteiger partial charge in [-0.25, -0.2) is 13.4 Å². The first kappa shape index (κ1) is 8.67. The molecule has 1 rings (SSSR count). The van der Waals surface area contributed by atoms with Crippen molar-refractivity contribution >= 4 is 21.2 Å². The Labute approximate surface area is 70.0 Å². The monoisotopic (exact) mass is 191 g/mol. The minimum absolute atomic E-state index is 0.194. The van der Waals surface area contributed by atoms with E-state index in [1.54, 1.807) is 5.38 Å². The summed E-state index contributed by atoms with van der Waals surface area (Å²) < 4.78 is 21.8. The first-order valence-electron chi connectivity index (χ1n) is 3.18. The van der Waals surface area contributed by atoms with Gasteiger partial charge in [0.1, 0.15) is 0 Å². The maximum absolute atomic E-state index is 10.9. The summed E-state index contributed by atoms with van der Waals surface area (Å²) in [5.41, 5.74) is 0. The molecule has 1 aromatic rings. The molecule has 0 bridgehead atoms. The summed E-state index contributed by atoms with van der Waals surface area (Å²) in [5.74, 6) is 0. The number of nitrogens with zero attached hydrogens (tertiary/aromatic N) is 1. The molecule has 11 heavy (non-hydrogen) atoms. The number of aromatic nitrogens is 1. The number of rotatable bonds is 2. The smallest absolute Gasteiger partial charge is 0.193 e. The van der Waals surface area contributed by atoms with Crippen molar-refractivity contribution < 1.29 is 8.42 Å². The minimum atomic E-state index is -3.09. The molecule has 0 aromatic carbocycles. The van der Waals surface area contributed by atoms with Gasteiger partial charge >= 0.3 is 0 Å². The first-order chi connectivity index (χ1) is 5.04. The van der Waals surface area contributed by atoms with E-state index in [-0.39, 0.29) is 5.03 Å². The molecule has 3 nitrogen and oxygen atoms in total. The van der Waals surface area contributed by atoms with Crippen LogP contribution in [0.3, 0.4) is 0 Å². The fourth-order valence-electron chi connectivity index (χ4n) is 0.627. The predicted molar refractivity (Wildman–Crippen MR) is 44.6 cm³/mol. The number of thiazole rings is 1. The lowest BCUT2D eigenvalue weighted by Crippen LogP contribution is -1.97. The summed E-state index contributed by atoms with van der Waals surface area (Å²) in [5, 5.41) is 2.64. The van der Waals surface area contributed by atoms with Crippen molar-refractivity contribution in [3.8, 4) is 0 Å². The first-order valence-corrected chi connectivity index (χ1v) is 5.95. The Morgan fingerprint density at radius 3 is 2.55 bits per heavy atom. The summed E-state index contributed by atoms with van der Waals surface area (Å²) in [6, 6.07) is 0. The van der Waals surface area contributed by atoms with Gasteiger partial charge in [0.05, 0.1) is 5.01 Å². The van der Waals surface area contributed by atoms with Crippen LogP contribution in [0.25, 0.3) is 0 Å². The highest BCUT2D eigenvalue weighted by Crippen LogP contribution is 2.14. The van der Waals surface area contributed by atoms with Crippen LogP contribution in [-0.2, 0) is 16.3 Å². The Morgan fingerprint density at radius 1 is 1.64 bits per heavy atom. The van der Waals surface area contributed by atoms with Gasteiger partial charge in [-0.1, -0.05) is 6.92 Å². The van der Waals surface area contributed by atoms with Crippen LogP contribution in [0.5, 0.6) is 0 Å². The molecule has 0 radical (unpaired) electrons. The highest BCUT2D eigenvalue weighted by molar-refractivity contribution is 7.90. The van der Waals surface area contributed by atoms with E-state index in [0.717, 1.165) is 11.4 Å². The molecule has 0 amide bonds. The van der Waals surface area contributed by atoms with Gasteiger partial charge in [0.2, 0.25) is 0 Å². The Kier molecular flexibility index (Phi) is 2.29. The molecule has 5 heteroatoms. The molecular formula is C6H9NO2S2. The van der Waals surface area contributed by atoms with Gasteiger partial charge in [0.25, 0.3) is 0 Å². The molecular weight excluding hydrogens is 182 g/mol. The molecule has 0 unspecified atom stereocenters. The molecule has 0 fully saturated rings. The topological polar surface area (TPSA) is 47.0 Å². The molecule has 0 aliphatic carbocycles. The van der Waals surface area contributed by atoms with Crippen LogP contribution in [0.4, 0.5) is 0 Å². The molecule has 0 aliphatic rings. The van der Waals surface area contributed by atoms with Crippen LogP contribution in [0.15, 0.2) is 10.4 Å². The van der Waals surface area contributed by atoms with Gasteiger partial charge in [-0.3, -0.25) is 0 Å². The van der Waals surface area contributed by atoms with Crippen molar-refractivity contribution in [3.63, 3.8) is 0 Å². The van der Waals surface area contributed by atoms with Crippen LogP contribution >= 0.6 is 11.3 Å². The van der Waals surface area contributed by atoms with Crippen molar-refractivity contribution in [3.05, 3.63) is 10.4 Å². The van der Waals surface area contributed by atoms with Gasteiger partial charge < -0.3 is 0 Å². The molecule has 0 aliphatic heterocycles. The van der Waals surface area contributed by atoms with Crippen molar-refractivity contribution in [2.75, 3.05) is 6.26 Å². The highest BCUT2D eigenvalue weighted by atomic mass is 32.2. The second-order valence-corrected chi connectivity index (χ2v) is 5.11. The van der Waals surface area contributed by atoms with Crippen molar-refractivity contribution in [2.24, 2.45) is 0 Å². The van der Waals surface area contributed by atoms with Crippen LogP contribution in [0.1, 0.15) is 11.9 Å². The van der Waals surface area contributed by atoms with Gasteiger partial charge in [0.15, 0.2) is 14.9 Å². The maximum Gasteiger partial charge on any atom is 0.193 e. The van der Waals surface area contributed by atoms with Crippen LogP contribution in [0, 0.1) is 0 Å². The summed E-state index contributed by atoms with van der Waals surface area (Å²) >= 11 is 1.39. The van der Waals surface area contributed by atoms with Crippen LogP contribution in [0.2, 0.25) is 0 Å². The lowest BCUT2D eigenvalue weighted by atomic mass is 10.5. The largest absolute Gasteiger partial charge is 0.230 e. The molecule has 0 saturated heterocycles. The maximum atomic E-state index is 10.9. The van der Waals surface area contributed by atoms with Crippen LogP contribution < -0.4 is 0 Å². The summed E-state index contributed by atoms with van der Waals surface area (Å²) in [4.78, 5) is 3.93. The van der Waals surface area contributed by atoms with Crippen molar-refractivity contribution in [1.29, 1.82) is 0 Å². The summed E-state index contributed by atoms with van der Waals surface area (Å²) in [6.45, 7) is 1.95. The Balaban J connectivity index is 3.09. The van der Waals surface area contributed by atoms with Gasteiger partial charge in [-0.15, -0.1) is 11.3 Å². The second kappa shape index (κ2) is 2.91. The van der Waals surface area contributed by atoms with E-state index < -0.39 is 9.84 Å². The lowest BCUT2D eigenvalue weighted by molar-refractivity contribution is 0.598. The number of sulfone groups is 1. The highest BCUT2D eigenvalue weighted by Gasteiger charge is 2.10. The fraction of sp³-hybridized carbons (Fsp3) is 0.500. The van der Waals surface area contributed by atoms with E-state index in [1.165, 1.54) is 17.6 Å². The van der Waals surface area contributed by atoms with E-state index in [1.807, 2.05) is 6.92 Å². The minimum Gasteiger partial charge on any atom is -0.230 e. The van der Waals surface area contributed by atoms with E-state index in [2.05, 4.69) is 4.98 Å². The molecule has 1 aromatic heterocycles. The van der Waals surface area contributed by atoms with Gasteiger partial charge in [0, 0.05) is 11.6 Å². The number of aryl methyl sites for hydroxylation is 1. The number of hydrogen-bond donors (Lipinski definition) is 0. The van der Waals surface area contributed by atoms with Crippen molar-refractivity contribution in [2.45, 2.75) is 18.4 Å². The number of hydrogen-bond acceptors (Lipinski definition) is 4. The third kappa shape index (κ3) is 2.00. The fourth-order valence-corrected chi connectivity index (χ4v) is 2.41. The average molecular weight is 191 g/mol. The molecule has 0 atom stereocenters. The Morgan fingerprint density at radius 2 is 2.27 bits per heavy atom. The zero-order valence-corrected chi connectivity index (χ0v) is 8.00. The summed E-state index contributed by atoms with van der Waals surface area (Å²) in [6.07, 6.45) is 1.96. The van der Waals surface area contributed by atoms with E-state index in [4.69, 9.17) is 0 Å². The molecule has 62 valence electrons. The van der Waals surface area contributed by atoms with Gasteiger partial charge in [-0.05, 0) is 6.42 Å². The Bertz CT molecular complexity index is 339. The zero-order valence-electron chi connectivity index (χ0n) is 6.36. The molecule has 0 spiro atoms. The standard InChI is InChI=1S/C6H9NO2S2/c1-3-5-7-6(4-10-5)11(2,8)9/h4H,3H2,1-2H3. The lowest BCUT2D eigenvalue weighted by Gasteiger charge is -1.87. The molecule has 1 heterocycles. The third-order valence-corrected chi connectivity index (χ3v) is 3.32. The van der Waals surface area contributed by atoms with E-state index >= 15 is 0 Å². The SMILES string of the molecule is CCc1nc(S(C)(=O)=O)cs1.